The molecule has 2 aromatic rings. The summed E-state index contributed by atoms with van der Waals surface area (Å²) in [6, 6.07) is 11.6. The molecule has 0 amide bonds. The molecule has 110 valence electrons. The van der Waals surface area contributed by atoms with Gasteiger partial charge in [-0.25, -0.2) is 0 Å². The molecule has 4 radical (unpaired) electrons. The van der Waals surface area contributed by atoms with Crippen molar-refractivity contribution in [2.24, 2.45) is 0 Å². The van der Waals surface area contributed by atoms with E-state index in [1.54, 1.807) is 12.4 Å². The van der Waals surface area contributed by atoms with Crippen molar-refractivity contribution in [3.63, 3.8) is 0 Å². The van der Waals surface area contributed by atoms with E-state index in [-0.39, 0.29) is 16.5 Å². The Morgan fingerprint density at radius 1 is 0.571 bits per heavy atom. The fraction of sp³-hybridized carbons (Fsp3) is 0.222. The molecule has 3 rings (SSSR count). The molecule has 0 aliphatic heterocycles. The third-order valence-corrected chi connectivity index (χ3v) is 2.93. The van der Waals surface area contributed by atoms with E-state index in [4.69, 9.17) is 0 Å². The molecule has 2 heterocycles. The zero-order valence-electron chi connectivity index (χ0n) is 12.0. The van der Waals surface area contributed by atoms with Gasteiger partial charge in [0.05, 0.1) is 11.4 Å². The average Bonchev–Trinajstić information content (AvgIpc) is 2.49. The Kier molecular flexibility index (Phi) is 9.73. The van der Waals surface area contributed by atoms with Gasteiger partial charge in [-0.15, -0.1) is 0 Å². The monoisotopic (exact) mass is 322 g/mol. The van der Waals surface area contributed by atoms with E-state index in [2.05, 4.69) is 35.7 Å². The van der Waals surface area contributed by atoms with Crippen molar-refractivity contribution in [2.45, 2.75) is 25.7 Å². The van der Waals surface area contributed by atoms with Crippen molar-refractivity contribution >= 4 is 0 Å². The van der Waals surface area contributed by atoms with Gasteiger partial charge < -0.3 is 0 Å². The summed E-state index contributed by atoms with van der Waals surface area (Å²) in [6.45, 7) is 0. The summed E-state index contributed by atoms with van der Waals surface area (Å²) in [5.74, 6) is 0. The first-order chi connectivity index (χ1) is 9.97. The average molecular weight is 323 g/mol. The zero-order chi connectivity index (χ0) is 13.9. The Hall–Kier alpha value is -1.21. The largest absolute Gasteiger partial charge is 2.00 e. The van der Waals surface area contributed by atoms with Crippen LogP contribution >= 0.6 is 0 Å². The van der Waals surface area contributed by atoms with Crippen LogP contribution in [0.1, 0.15) is 25.7 Å². The molecule has 0 spiro atoms. The van der Waals surface area contributed by atoms with E-state index in [0.29, 0.717) is 0 Å². The van der Waals surface area contributed by atoms with Crippen LogP contribution in [0.3, 0.4) is 0 Å². The van der Waals surface area contributed by atoms with Crippen LogP contribution in [0.25, 0.3) is 11.4 Å². The Labute approximate surface area is 138 Å². The van der Waals surface area contributed by atoms with Crippen LogP contribution in [0, 0.1) is 25.7 Å². The first-order valence-corrected chi connectivity index (χ1v) is 7.09. The number of nitrogens with zero attached hydrogens (tertiary/aromatic N) is 2. The van der Waals surface area contributed by atoms with Crippen LogP contribution < -0.4 is 0 Å². The third-order valence-electron chi connectivity index (χ3n) is 2.93. The first kappa shape index (κ1) is 17.8. The van der Waals surface area contributed by atoms with Crippen LogP contribution in [0.5, 0.6) is 0 Å². The molecule has 1 saturated carbocycles. The van der Waals surface area contributed by atoms with Gasteiger partial charge >= 0.3 is 16.5 Å². The van der Waals surface area contributed by atoms with E-state index < -0.39 is 0 Å². The van der Waals surface area contributed by atoms with Gasteiger partial charge in [0.2, 0.25) is 0 Å². The summed E-state index contributed by atoms with van der Waals surface area (Å²) in [5.41, 5.74) is 1.83. The Bertz CT molecular complexity index is 398. The molecule has 0 aromatic carbocycles. The van der Waals surface area contributed by atoms with Crippen molar-refractivity contribution < 1.29 is 16.5 Å². The molecular weight excluding hydrogens is 303 g/mol. The maximum atomic E-state index is 4.19. The van der Waals surface area contributed by atoms with Crippen molar-refractivity contribution in [2.75, 3.05) is 0 Å². The molecule has 2 aromatic heterocycles. The second kappa shape index (κ2) is 11.5. The summed E-state index contributed by atoms with van der Waals surface area (Å²) in [4.78, 5) is 8.37. The van der Waals surface area contributed by atoms with E-state index >= 15 is 0 Å². The van der Waals surface area contributed by atoms with Crippen LogP contribution in [0.15, 0.2) is 48.8 Å². The fourth-order valence-electron chi connectivity index (χ4n) is 1.88. The maximum Gasteiger partial charge on any atom is 2.00 e. The normalized spacial score (nSPS) is 14.7. The minimum absolute atomic E-state index is 0. The summed E-state index contributed by atoms with van der Waals surface area (Å²) >= 11 is 0. The summed E-state index contributed by atoms with van der Waals surface area (Å²) in [6.07, 6.45) is 17.5. The van der Waals surface area contributed by atoms with Gasteiger partial charge in [0.25, 0.3) is 0 Å². The molecule has 21 heavy (non-hydrogen) atoms. The van der Waals surface area contributed by atoms with Crippen LogP contribution in [-0.2, 0) is 16.5 Å². The quantitative estimate of drug-likeness (QED) is 0.721. The minimum atomic E-state index is 0. The van der Waals surface area contributed by atoms with Crippen molar-refractivity contribution in [3.05, 3.63) is 74.5 Å². The van der Waals surface area contributed by atoms with Crippen LogP contribution in [0.2, 0.25) is 0 Å². The van der Waals surface area contributed by atoms with Gasteiger partial charge in [-0.05, 0) is 75.6 Å². The van der Waals surface area contributed by atoms with Crippen molar-refractivity contribution in [3.8, 4) is 11.4 Å². The Balaban J connectivity index is 0.000000216. The zero-order valence-corrected chi connectivity index (χ0v) is 13.0. The van der Waals surface area contributed by atoms with Gasteiger partial charge in [-0.2, -0.15) is 0 Å². The Morgan fingerprint density at radius 2 is 0.952 bits per heavy atom. The predicted molar refractivity (Wildman–Crippen MR) is 83.1 cm³/mol. The molecule has 0 unspecified atom stereocenters. The maximum absolute atomic E-state index is 4.19. The molecule has 0 saturated heterocycles. The fourth-order valence-corrected chi connectivity index (χ4v) is 1.88. The summed E-state index contributed by atoms with van der Waals surface area (Å²) in [5, 5.41) is 0. The van der Waals surface area contributed by atoms with Crippen molar-refractivity contribution in [1.29, 1.82) is 0 Å². The SMILES string of the molecule is [CH]1[CH]CC[CH][CH]CC1.[Ni+2].c1ccc(-c2ccccn2)nc1. The van der Waals surface area contributed by atoms with Gasteiger partial charge in [0, 0.05) is 12.4 Å². The molecule has 1 aliphatic carbocycles. The topological polar surface area (TPSA) is 25.8 Å². The van der Waals surface area contributed by atoms with Crippen LogP contribution in [-0.4, -0.2) is 9.97 Å². The predicted octanol–water partition coefficient (Wildman–Crippen LogP) is 4.52. The number of aromatic nitrogens is 2. The number of hydrogen-bond donors (Lipinski definition) is 0. The number of hydrogen-bond acceptors (Lipinski definition) is 2. The molecule has 2 nitrogen and oxygen atoms in total. The smallest absolute Gasteiger partial charge is 0.255 e. The summed E-state index contributed by atoms with van der Waals surface area (Å²) < 4.78 is 0. The van der Waals surface area contributed by atoms with Crippen molar-refractivity contribution in [1.82, 2.24) is 9.97 Å². The van der Waals surface area contributed by atoms with Gasteiger partial charge in [-0.1, -0.05) is 12.1 Å². The third kappa shape index (κ3) is 7.38. The van der Waals surface area contributed by atoms with Gasteiger partial charge in [0.15, 0.2) is 0 Å². The summed E-state index contributed by atoms with van der Waals surface area (Å²) in [7, 11) is 0. The standard InChI is InChI=1S/C10H8N2.C8H12.Ni/c1-3-7-11-9(5-1)10-6-2-4-8-12-10;1-2-4-6-8-7-5-3-1;/h1-8H;1-2,7-8H,3-6H2;/q;;+2. The van der Waals surface area contributed by atoms with Crippen LogP contribution in [0.4, 0.5) is 0 Å². The molecule has 0 atom stereocenters. The molecular formula is C18H20N2Ni+2. The van der Waals surface area contributed by atoms with E-state index in [0.717, 1.165) is 11.4 Å². The molecule has 1 fully saturated rings. The Morgan fingerprint density at radius 3 is 1.24 bits per heavy atom. The van der Waals surface area contributed by atoms with Gasteiger partial charge in [0.1, 0.15) is 0 Å². The first-order valence-electron chi connectivity index (χ1n) is 7.09. The second-order valence-corrected chi connectivity index (χ2v) is 4.53. The molecule has 3 heteroatoms. The second-order valence-electron chi connectivity index (χ2n) is 4.53. The van der Waals surface area contributed by atoms with E-state index in [1.165, 1.54) is 25.7 Å². The minimum Gasteiger partial charge on any atom is -0.255 e. The van der Waals surface area contributed by atoms with E-state index in [1.807, 2.05) is 36.4 Å². The number of pyridine rings is 2. The van der Waals surface area contributed by atoms with E-state index in [9.17, 15) is 0 Å². The van der Waals surface area contributed by atoms with Gasteiger partial charge in [-0.3, -0.25) is 9.97 Å². The molecule has 0 bridgehead atoms. The number of rotatable bonds is 1. The molecule has 0 N–H and O–H groups in total. The molecule has 1 aliphatic rings.